The Hall–Kier alpha value is -2.64. The number of ether oxygens (including phenoxy) is 1. The lowest BCUT2D eigenvalue weighted by Gasteiger charge is -2.15. The molecule has 1 heterocycles. The van der Waals surface area contributed by atoms with Crippen molar-refractivity contribution in [3.05, 3.63) is 59.4 Å². The second kappa shape index (κ2) is 9.52. The first-order valence-electron chi connectivity index (χ1n) is 9.09. The van der Waals surface area contributed by atoms with Gasteiger partial charge in [0.2, 0.25) is 0 Å². The van der Waals surface area contributed by atoms with E-state index in [9.17, 15) is 9.59 Å². The lowest BCUT2D eigenvalue weighted by molar-refractivity contribution is 0.0939. The van der Waals surface area contributed by atoms with E-state index in [-0.39, 0.29) is 31.5 Å². The summed E-state index contributed by atoms with van der Waals surface area (Å²) in [7, 11) is 0. The number of alkyl halides is 1. The number of hydrogen-bond donors (Lipinski definition) is 3. The number of pyridine rings is 1. The molecule has 1 aromatic heterocycles. The molecule has 0 radical (unpaired) electrons. The average Bonchev–Trinajstić information content (AvgIpc) is 3.56. The van der Waals surface area contributed by atoms with E-state index in [0.717, 1.165) is 18.4 Å². The van der Waals surface area contributed by atoms with Gasteiger partial charge in [0.05, 0.1) is 12.2 Å². The van der Waals surface area contributed by atoms with Crippen molar-refractivity contribution in [1.29, 1.82) is 0 Å². The maximum atomic E-state index is 12.6. The molecule has 0 saturated heterocycles. The molecule has 1 atom stereocenters. The van der Waals surface area contributed by atoms with Crippen molar-refractivity contribution in [3.63, 3.8) is 0 Å². The fourth-order valence-electron chi connectivity index (χ4n) is 2.60. The number of benzene rings is 1. The first-order valence-corrected chi connectivity index (χ1v) is 9.53. The fraction of sp³-hybridized carbons (Fsp3) is 0.350. The molecule has 0 spiro atoms. The Bertz CT molecular complexity index is 842. The van der Waals surface area contributed by atoms with Crippen LogP contribution in [0.4, 0.5) is 0 Å². The van der Waals surface area contributed by atoms with Crippen LogP contribution in [0.15, 0.2) is 42.7 Å². The molecule has 7 nitrogen and oxygen atoms in total. The number of amides is 2. The highest BCUT2D eigenvalue weighted by Crippen LogP contribution is 2.37. The maximum Gasteiger partial charge on any atom is 0.256 e. The molecule has 1 unspecified atom stereocenters. The number of carbonyl (C=O) groups excluding carboxylic acids is 2. The third kappa shape index (κ3) is 5.43. The Balaban J connectivity index is 1.62. The Morgan fingerprint density at radius 1 is 1.25 bits per heavy atom. The monoisotopic (exact) mass is 403 g/mol. The summed E-state index contributed by atoms with van der Waals surface area (Å²) in [5.74, 6) is 0.110. The minimum atomic E-state index is -0.455. The maximum absolute atomic E-state index is 12.6. The lowest BCUT2D eigenvalue weighted by atomic mass is 10.1. The van der Waals surface area contributed by atoms with Crippen molar-refractivity contribution in [2.24, 2.45) is 5.92 Å². The average molecular weight is 404 g/mol. The molecule has 1 fully saturated rings. The summed E-state index contributed by atoms with van der Waals surface area (Å²) in [4.78, 5) is 28.6. The van der Waals surface area contributed by atoms with E-state index in [4.69, 9.17) is 21.4 Å². The van der Waals surface area contributed by atoms with E-state index in [2.05, 4.69) is 15.6 Å². The second-order valence-corrected chi connectivity index (χ2v) is 6.97. The quantitative estimate of drug-likeness (QED) is 0.556. The largest absolute Gasteiger partial charge is 0.473 e. The zero-order valence-electron chi connectivity index (χ0n) is 15.2. The number of aliphatic hydroxyl groups is 1. The van der Waals surface area contributed by atoms with Crippen LogP contribution in [-0.4, -0.2) is 40.6 Å². The zero-order valence-corrected chi connectivity index (χ0v) is 16.0. The predicted octanol–water partition coefficient (Wildman–Crippen LogP) is 2.09. The molecule has 1 aromatic carbocycles. The minimum absolute atomic E-state index is 0.124. The molecule has 1 saturated carbocycles. The number of aliphatic hydroxyl groups excluding tert-OH is 1. The highest BCUT2D eigenvalue weighted by atomic mass is 35.5. The molecule has 0 bridgehead atoms. The molecule has 3 N–H and O–H groups in total. The van der Waals surface area contributed by atoms with Crippen LogP contribution in [0, 0.1) is 5.92 Å². The van der Waals surface area contributed by atoms with Gasteiger partial charge in [0.1, 0.15) is 5.75 Å². The molecule has 8 heteroatoms. The number of nitrogens with one attached hydrogen (secondary N) is 2. The first-order chi connectivity index (χ1) is 13.6. The molecule has 1 aliphatic carbocycles. The summed E-state index contributed by atoms with van der Waals surface area (Å²) in [5, 5.41) is 14.2. The summed E-state index contributed by atoms with van der Waals surface area (Å²) in [6, 6.07) is 8.53. The molecule has 28 heavy (non-hydrogen) atoms. The van der Waals surface area contributed by atoms with Crippen LogP contribution in [-0.2, 0) is 6.54 Å². The normalized spacial score (nSPS) is 14.2. The van der Waals surface area contributed by atoms with Crippen molar-refractivity contribution in [3.8, 4) is 5.75 Å². The fourth-order valence-corrected chi connectivity index (χ4v) is 2.95. The van der Waals surface area contributed by atoms with Crippen LogP contribution in [0.1, 0.15) is 39.1 Å². The van der Waals surface area contributed by atoms with Crippen molar-refractivity contribution >= 4 is 23.4 Å². The molecular weight excluding hydrogens is 382 g/mol. The van der Waals surface area contributed by atoms with Gasteiger partial charge in [-0.1, -0.05) is 23.7 Å². The standard InChI is InChI=1S/C20H22ClN3O4/c21-18(14-4-5-14)28-17-6-7-22-12-16(17)20(27)24-11-13-2-1-3-15(10-13)19(26)23-8-9-25/h1-3,6-7,10,12,14,18,25H,4-5,8-9,11H2,(H,23,26)(H,24,27). The van der Waals surface area contributed by atoms with E-state index in [1.54, 1.807) is 30.5 Å². The topological polar surface area (TPSA) is 101 Å². The van der Waals surface area contributed by atoms with Gasteiger partial charge in [0, 0.05) is 37.0 Å². The van der Waals surface area contributed by atoms with Crippen LogP contribution < -0.4 is 15.4 Å². The number of hydrogen-bond acceptors (Lipinski definition) is 5. The third-order valence-corrected chi connectivity index (χ3v) is 4.74. The predicted molar refractivity (Wildman–Crippen MR) is 104 cm³/mol. The van der Waals surface area contributed by atoms with Crippen LogP contribution in [0.5, 0.6) is 5.75 Å². The van der Waals surface area contributed by atoms with Crippen LogP contribution in [0.25, 0.3) is 0 Å². The minimum Gasteiger partial charge on any atom is -0.473 e. The van der Waals surface area contributed by atoms with Crippen molar-refractivity contribution in [2.75, 3.05) is 13.2 Å². The van der Waals surface area contributed by atoms with E-state index in [0.29, 0.717) is 22.8 Å². The molecule has 2 amide bonds. The summed E-state index contributed by atoms with van der Waals surface area (Å²) in [6.45, 7) is 0.300. The Morgan fingerprint density at radius 3 is 2.82 bits per heavy atom. The summed E-state index contributed by atoms with van der Waals surface area (Å²) in [5.41, 5.74) is 1.08. The second-order valence-electron chi connectivity index (χ2n) is 6.54. The molecular formula is C20H22ClN3O4. The number of aromatic nitrogens is 1. The molecule has 2 aromatic rings. The van der Waals surface area contributed by atoms with Gasteiger partial charge >= 0.3 is 0 Å². The smallest absolute Gasteiger partial charge is 0.256 e. The molecule has 0 aliphatic heterocycles. The number of carbonyl (C=O) groups is 2. The highest BCUT2D eigenvalue weighted by molar-refractivity contribution is 6.20. The third-order valence-electron chi connectivity index (χ3n) is 4.30. The van der Waals surface area contributed by atoms with Gasteiger partial charge in [-0.2, -0.15) is 0 Å². The van der Waals surface area contributed by atoms with Gasteiger partial charge in [0.15, 0.2) is 5.56 Å². The van der Waals surface area contributed by atoms with Crippen molar-refractivity contribution in [2.45, 2.75) is 24.9 Å². The summed E-state index contributed by atoms with van der Waals surface area (Å²) < 4.78 is 5.72. The van der Waals surface area contributed by atoms with E-state index < -0.39 is 5.56 Å². The van der Waals surface area contributed by atoms with Gasteiger partial charge in [-0.25, -0.2) is 0 Å². The van der Waals surface area contributed by atoms with Gasteiger partial charge in [-0.05, 0) is 36.6 Å². The van der Waals surface area contributed by atoms with E-state index >= 15 is 0 Å². The van der Waals surface area contributed by atoms with Crippen LogP contribution >= 0.6 is 11.6 Å². The van der Waals surface area contributed by atoms with Gasteiger partial charge in [-0.15, -0.1) is 0 Å². The first kappa shape index (κ1) is 20.1. The van der Waals surface area contributed by atoms with Crippen molar-refractivity contribution < 1.29 is 19.4 Å². The number of nitrogens with zero attached hydrogens (tertiary/aromatic N) is 1. The highest BCUT2D eigenvalue weighted by Gasteiger charge is 2.32. The SMILES string of the molecule is O=C(NCCO)c1cccc(CNC(=O)c2cnccc2OC(Cl)C2CC2)c1. The van der Waals surface area contributed by atoms with E-state index in [1.165, 1.54) is 6.20 Å². The summed E-state index contributed by atoms with van der Waals surface area (Å²) >= 11 is 6.22. The van der Waals surface area contributed by atoms with Gasteiger partial charge < -0.3 is 20.5 Å². The molecule has 3 rings (SSSR count). The van der Waals surface area contributed by atoms with Gasteiger partial charge in [0.25, 0.3) is 11.8 Å². The molecule has 1 aliphatic rings. The number of rotatable bonds is 9. The molecule has 148 valence electrons. The lowest BCUT2D eigenvalue weighted by Crippen LogP contribution is -2.27. The zero-order chi connectivity index (χ0) is 19.9. The Morgan fingerprint density at radius 2 is 2.07 bits per heavy atom. The Labute approximate surface area is 168 Å². The number of halogens is 1. The van der Waals surface area contributed by atoms with Crippen LogP contribution in [0.3, 0.4) is 0 Å². The Kier molecular flexibility index (Phi) is 6.84. The van der Waals surface area contributed by atoms with E-state index in [1.807, 2.05) is 6.07 Å². The van der Waals surface area contributed by atoms with Crippen LogP contribution in [0.2, 0.25) is 0 Å². The summed E-state index contributed by atoms with van der Waals surface area (Å²) in [6.07, 6.45) is 5.06. The van der Waals surface area contributed by atoms with Crippen molar-refractivity contribution in [1.82, 2.24) is 15.6 Å². The van der Waals surface area contributed by atoms with Gasteiger partial charge in [-0.3, -0.25) is 14.6 Å².